The predicted molar refractivity (Wildman–Crippen MR) is 108 cm³/mol. The van der Waals surface area contributed by atoms with Gasteiger partial charge >= 0.3 is 0 Å². The second-order valence-corrected chi connectivity index (χ2v) is 7.08. The van der Waals surface area contributed by atoms with E-state index < -0.39 is 0 Å². The fraction of sp³-hybridized carbons (Fsp3) is 0.826. The molecule has 0 spiro atoms. The van der Waals surface area contributed by atoms with E-state index in [2.05, 4.69) is 45.1 Å². The molecule has 1 atom stereocenters. The van der Waals surface area contributed by atoms with E-state index in [1.54, 1.807) is 0 Å². The lowest BCUT2D eigenvalue weighted by Crippen LogP contribution is -1.95. The molecule has 1 unspecified atom stereocenters. The summed E-state index contributed by atoms with van der Waals surface area (Å²) < 4.78 is 0. The van der Waals surface area contributed by atoms with Gasteiger partial charge in [0.25, 0.3) is 0 Å². The molecule has 0 aromatic heterocycles. The molecule has 136 valence electrons. The third kappa shape index (κ3) is 17.7. The Bertz CT molecular complexity index is 261. The van der Waals surface area contributed by atoms with Crippen molar-refractivity contribution >= 4 is 0 Å². The van der Waals surface area contributed by atoms with Crippen LogP contribution in [0, 0.1) is 5.92 Å². The zero-order valence-corrected chi connectivity index (χ0v) is 16.5. The third-order valence-corrected chi connectivity index (χ3v) is 4.79. The van der Waals surface area contributed by atoms with E-state index in [4.69, 9.17) is 0 Å². The van der Waals surface area contributed by atoms with Gasteiger partial charge in [0.2, 0.25) is 0 Å². The molecule has 0 saturated heterocycles. The Morgan fingerprint density at radius 3 is 1.57 bits per heavy atom. The molecule has 0 bridgehead atoms. The molecule has 0 rings (SSSR count). The highest BCUT2D eigenvalue weighted by atomic mass is 14.1. The highest BCUT2D eigenvalue weighted by Gasteiger charge is 2.01. The Hall–Kier alpha value is -0.520. The quantitative estimate of drug-likeness (QED) is 0.186. The van der Waals surface area contributed by atoms with Gasteiger partial charge in [-0.1, -0.05) is 96.4 Å². The Labute approximate surface area is 147 Å². The smallest absolute Gasteiger partial charge is 0.0322 e. The van der Waals surface area contributed by atoms with Crippen molar-refractivity contribution in [1.82, 2.24) is 0 Å². The normalized spacial score (nSPS) is 13.3. The fourth-order valence-electron chi connectivity index (χ4n) is 3.11. The fourth-order valence-corrected chi connectivity index (χ4v) is 3.11. The van der Waals surface area contributed by atoms with Crippen LogP contribution in [-0.2, 0) is 0 Å². The van der Waals surface area contributed by atoms with Crippen LogP contribution >= 0.6 is 0 Å². The molecular formula is C23H44. The van der Waals surface area contributed by atoms with Crippen LogP contribution in [0.25, 0.3) is 0 Å². The molecule has 0 aliphatic rings. The average Bonchev–Trinajstić information content (AvgIpc) is 2.57. The molecule has 0 heterocycles. The number of rotatable bonds is 17. The van der Waals surface area contributed by atoms with Crippen molar-refractivity contribution in [3.63, 3.8) is 0 Å². The second kappa shape index (κ2) is 19.5. The van der Waals surface area contributed by atoms with Gasteiger partial charge in [0.1, 0.15) is 0 Å². The van der Waals surface area contributed by atoms with Crippen molar-refractivity contribution < 1.29 is 0 Å². The number of hydrogen-bond acceptors (Lipinski definition) is 0. The standard InChI is InChI=1S/C23H44/c1-4-7-8-9-10-11-12-13-14-15-16-17-18-19-20-22-23(6-3)21-5-2/h11-12,19-20,23H,4-10,13-18,21-22H2,1-3H3. The molecule has 0 radical (unpaired) electrons. The van der Waals surface area contributed by atoms with Crippen LogP contribution in [0.5, 0.6) is 0 Å². The molecule has 0 nitrogen and oxygen atoms in total. The van der Waals surface area contributed by atoms with Gasteiger partial charge in [-0.05, 0) is 50.9 Å². The van der Waals surface area contributed by atoms with E-state index in [1.165, 1.54) is 96.3 Å². The summed E-state index contributed by atoms with van der Waals surface area (Å²) in [5.41, 5.74) is 0. The van der Waals surface area contributed by atoms with E-state index in [-0.39, 0.29) is 0 Å². The third-order valence-electron chi connectivity index (χ3n) is 4.79. The second-order valence-electron chi connectivity index (χ2n) is 7.08. The molecule has 0 aliphatic heterocycles. The average molecular weight is 321 g/mol. The molecule has 23 heavy (non-hydrogen) atoms. The first-order valence-corrected chi connectivity index (χ1v) is 10.6. The maximum Gasteiger partial charge on any atom is -0.0322 e. The summed E-state index contributed by atoms with van der Waals surface area (Å²) in [4.78, 5) is 0. The zero-order chi connectivity index (χ0) is 17.0. The maximum atomic E-state index is 2.44. The predicted octanol–water partition coefficient (Wildman–Crippen LogP) is 8.63. The summed E-state index contributed by atoms with van der Waals surface area (Å²) in [6, 6.07) is 0. The molecule has 0 aliphatic carbocycles. The maximum absolute atomic E-state index is 2.44. The number of hydrogen-bond donors (Lipinski definition) is 0. The van der Waals surface area contributed by atoms with Crippen LogP contribution < -0.4 is 0 Å². The van der Waals surface area contributed by atoms with Crippen molar-refractivity contribution in [2.75, 3.05) is 0 Å². The minimum atomic E-state index is 0.921. The number of unbranched alkanes of at least 4 members (excludes halogenated alkanes) is 9. The summed E-state index contributed by atoms with van der Waals surface area (Å²) in [5, 5.41) is 0. The molecule has 0 saturated carbocycles. The molecule has 0 fully saturated rings. The topological polar surface area (TPSA) is 0 Å². The summed E-state index contributed by atoms with van der Waals surface area (Å²) in [6.45, 7) is 6.90. The molecular weight excluding hydrogens is 276 g/mol. The Morgan fingerprint density at radius 1 is 0.565 bits per heavy atom. The summed E-state index contributed by atoms with van der Waals surface area (Å²) in [6.07, 6.45) is 30.0. The van der Waals surface area contributed by atoms with Crippen LogP contribution in [0.4, 0.5) is 0 Å². The van der Waals surface area contributed by atoms with E-state index in [1.807, 2.05) is 0 Å². The van der Waals surface area contributed by atoms with Crippen molar-refractivity contribution in [3.8, 4) is 0 Å². The summed E-state index contributed by atoms with van der Waals surface area (Å²) >= 11 is 0. The minimum Gasteiger partial charge on any atom is -0.0885 e. The summed E-state index contributed by atoms with van der Waals surface area (Å²) in [7, 11) is 0. The monoisotopic (exact) mass is 320 g/mol. The van der Waals surface area contributed by atoms with Gasteiger partial charge in [0.15, 0.2) is 0 Å². The van der Waals surface area contributed by atoms with Gasteiger partial charge in [-0.3, -0.25) is 0 Å². The molecule has 0 aromatic carbocycles. The van der Waals surface area contributed by atoms with E-state index in [0.717, 1.165) is 5.92 Å². The molecule has 0 N–H and O–H groups in total. The molecule has 0 amide bonds. The van der Waals surface area contributed by atoms with Gasteiger partial charge in [-0.25, -0.2) is 0 Å². The number of allylic oxidation sites excluding steroid dienone is 4. The molecule has 0 aromatic rings. The van der Waals surface area contributed by atoms with E-state index >= 15 is 0 Å². The van der Waals surface area contributed by atoms with Crippen LogP contribution in [0.3, 0.4) is 0 Å². The van der Waals surface area contributed by atoms with Gasteiger partial charge in [0, 0.05) is 0 Å². The first kappa shape index (κ1) is 22.5. The van der Waals surface area contributed by atoms with Gasteiger partial charge < -0.3 is 0 Å². The van der Waals surface area contributed by atoms with Crippen LogP contribution in [0.15, 0.2) is 24.3 Å². The van der Waals surface area contributed by atoms with Gasteiger partial charge in [-0.15, -0.1) is 0 Å². The van der Waals surface area contributed by atoms with E-state index in [0.29, 0.717) is 0 Å². The molecule has 0 heteroatoms. The lowest BCUT2D eigenvalue weighted by molar-refractivity contribution is 0.470. The zero-order valence-electron chi connectivity index (χ0n) is 16.5. The van der Waals surface area contributed by atoms with Crippen molar-refractivity contribution in [2.24, 2.45) is 5.92 Å². The highest BCUT2D eigenvalue weighted by molar-refractivity contribution is 4.84. The van der Waals surface area contributed by atoms with Crippen molar-refractivity contribution in [2.45, 2.75) is 117 Å². The Kier molecular flexibility index (Phi) is 19.1. The van der Waals surface area contributed by atoms with Crippen LogP contribution in [-0.4, -0.2) is 0 Å². The van der Waals surface area contributed by atoms with Crippen molar-refractivity contribution in [1.29, 1.82) is 0 Å². The Balaban J connectivity index is 3.28. The summed E-state index contributed by atoms with van der Waals surface area (Å²) in [5.74, 6) is 0.921. The van der Waals surface area contributed by atoms with Crippen LogP contribution in [0.1, 0.15) is 117 Å². The lowest BCUT2D eigenvalue weighted by atomic mass is 9.96. The van der Waals surface area contributed by atoms with Crippen molar-refractivity contribution in [3.05, 3.63) is 24.3 Å². The SMILES string of the molecule is CCCCCCC=CCCCCCCC=CCC(CC)CCC. The lowest BCUT2D eigenvalue weighted by Gasteiger charge is -2.09. The first-order valence-electron chi connectivity index (χ1n) is 10.6. The highest BCUT2D eigenvalue weighted by Crippen LogP contribution is 2.16. The largest absolute Gasteiger partial charge is 0.0885 e. The first-order chi connectivity index (χ1) is 11.3. The van der Waals surface area contributed by atoms with Crippen LogP contribution in [0.2, 0.25) is 0 Å². The van der Waals surface area contributed by atoms with Gasteiger partial charge in [-0.2, -0.15) is 0 Å². The Morgan fingerprint density at radius 2 is 1.09 bits per heavy atom. The van der Waals surface area contributed by atoms with E-state index in [9.17, 15) is 0 Å². The van der Waals surface area contributed by atoms with Gasteiger partial charge in [0.05, 0.1) is 0 Å². The minimum absolute atomic E-state index is 0.921.